The molecule has 0 aliphatic heterocycles. The van der Waals surface area contributed by atoms with Crippen LogP contribution in [-0.4, -0.2) is 7.11 Å². The van der Waals surface area contributed by atoms with E-state index in [-0.39, 0.29) is 6.04 Å². The number of nitrogens with two attached hydrogens (primary N) is 1. The summed E-state index contributed by atoms with van der Waals surface area (Å²) >= 11 is 3.40. The molecule has 0 bridgehead atoms. The Bertz CT molecular complexity index is 301. The van der Waals surface area contributed by atoms with Crippen LogP contribution in [0.4, 0.5) is 0 Å². The van der Waals surface area contributed by atoms with Crippen LogP contribution in [0.1, 0.15) is 31.4 Å². The van der Waals surface area contributed by atoms with Crippen molar-refractivity contribution < 1.29 is 4.74 Å². The summed E-state index contributed by atoms with van der Waals surface area (Å²) in [5.74, 6) is 0.861. The zero-order chi connectivity index (χ0) is 10.6. The van der Waals surface area contributed by atoms with Crippen LogP contribution in [0.25, 0.3) is 0 Å². The van der Waals surface area contributed by atoms with Gasteiger partial charge in [-0.25, -0.2) is 0 Å². The van der Waals surface area contributed by atoms with Gasteiger partial charge < -0.3 is 10.5 Å². The quantitative estimate of drug-likeness (QED) is 0.899. The average molecular weight is 258 g/mol. The molecule has 0 radical (unpaired) electrons. The molecule has 2 N–H and O–H groups in total. The fourth-order valence-electron chi connectivity index (χ4n) is 1.46. The molecule has 0 heterocycles. The second-order valence-electron chi connectivity index (χ2n) is 3.28. The van der Waals surface area contributed by atoms with Gasteiger partial charge in [0.15, 0.2) is 0 Å². The lowest BCUT2D eigenvalue weighted by molar-refractivity contribution is 0.403. The topological polar surface area (TPSA) is 35.2 Å². The Morgan fingerprint density at radius 1 is 1.50 bits per heavy atom. The molecule has 1 unspecified atom stereocenters. The molecule has 0 saturated carbocycles. The molecule has 1 rings (SSSR count). The van der Waals surface area contributed by atoms with Crippen molar-refractivity contribution in [1.29, 1.82) is 0 Å². The van der Waals surface area contributed by atoms with E-state index in [1.54, 1.807) is 7.11 Å². The highest BCUT2D eigenvalue weighted by molar-refractivity contribution is 9.10. The Balaban J connectivity index is 2.95. The predicted octanol–water partition coefficient (Wildman–Crippen LogP) is 3.26. The fourth-order valence-corrected chi connectivity index (χ4v) is 1.80. The van der Waals surface area contributed by atoms with Crippen LogP contribution in [-0.2, 0) is 0 Å². The number of ether oxygens (including phenoxy) is 1. The first kappa shape index (κ1) is 11.5. The summed E-state index contributed by atoms with van der Waals surface area (Å²) in [7, 11) is 1.67. The minimum atomic E-state index is 0.0723. The SMILES string of the molecule is CCCC(N)c1ccc(Br)cc1OC. The second kappa shape index (κ2) is 5.37. The molecule has 0 spiro atoms. The molecule has 0 amide bonds. The number of methoxy groups -OCH3 is 1. The number of hydrogen-bond donors (Lipinski definition) is 1. The van der Waals surface area contributed by atoms with Crippen LogP contribution in [0.3, 0.4) is 0 Å². The summed E-state index contributed by atoms with van der Waals surface area (Å²) in [6.45, 7) is 2.13. The zero-order valence-corrected chi connectivity index (χ0v) is 10.2. The fraction of sp³-hybridized carbons (Fsp3) is 0.455. The van der Waals surface area contributed by atoms with Crippen LogP contribution in [0.2, 0.25) is 0 Å². The average Bonchev–Trinajstić information content (AvgIpc) is 2.17. The molecule has 0 aromatic heterocycles. The normalized spacial score (nSPS) is 12.6. The molecule has 1 atom stereocenters. The Hall–Kier alpha value is -0.540. The molecule has 0 aliphatic rings. The minimum Gasteiger partial charge on any atom is -0.496 e. The number of halogens is 1. The third kappa shape index (κ3) is 2.72. The minimum absolute atomic E-state index is 0.0723. The lowest BCUT2D eigenvalue weighted by atomic mass is 10.0. The summed E-state index contributed by atoms with van der Waals surface area (Å²) < 4.78 is 6.30. The largest absolute Gasteiger partial charge is 0.496 e. The van der Waals surface area contributed by atoms with Crippen LogP contribution in [0, 0.1) is 0 Å². The molecule has 1 aromatic rings. The Labute approximate surface area is 93.6 Å². The van der Waals surface area contributed by atoms with Gasteiger partial charge in [0.05, 0.1) is 7.11 Å². The van der Waals surface area contributed by atoms with Gasteiger partial charge in [0.1, 0.15) is 5.75 Å². The summed E-state index contributed by atoms with van der Waals surface area (Å²) in [6, 6.07) is 6.03. The van der Waals surface area contributed by atoms with Crippen LogP contribution in [0.5, 0.6) is 5.75 Å². The van der Waals surface area contributed by atoms with E-state index in [4.69, 9.17) is 10.5 Å². The van der Waals surface area contributed by atoms with Gasteiger partial charge in [-0.3, -0.25) is 0 Å². The summed E-state index contributed by atoms with van der Waals surface area (Å²) in [4.78, 5) is 0. The van der Waals surface area contributed by atoms with Crippen molar-refractivity contribution in [2.24, 2.45) is 5.73 Å². The van der Waals surface area contributed by atoms with E-state index in [0.29, 0.717) is 0 Å². The van der Waals surface area contributed by atoms with Crippen molar-refractivity contribution in [3.8, 4) is 5.75 Å². The van der Waals surface area contributed by atoms with Gasteiger partial charge in [0.2, 0.25) is 0 Å². The van der Waals surface area contributed by atoms with E-state index >= 15 is 0 Å². The number of benzene rings is 1. The summed E-state index contributed by atoms with van der Waals surface area (Å²) in [5, 5.41) is 0. The van der Waals surface area contributed by atoms with Crippen molar-refractivity contribution in [1.82, 2.24) is 0 Å². The lowest BCUT2D eigenvalue weighted by Crippen LogP contribution is -2.11. The molecule has 0 saturated heterocycles. The maximum Gasteiger partial charge on any atom is 0.124 e. The van der Waals surface area contributed by atoms with Gasteiger partial charge in [-0.1, -0.05) is 35.3 Å². The van der Waals surface area contributed by atoms with Crippen molar-refractivity contribution in [2.45, 2.75) is 25.8 Å². The van der Waals surface area contributed by atoms with Gasteiger partial charge in [0.25, 0.3) is 0 Å². The van der Waals surface area contributed by atoms with Crippen molar-refractivity contribution in [2.75, 3.05) is 7.11 Å². The third-order valence-corrected chi connectivity index (χ3v) is 2.69. The van der Waals surface area contributed by atoms with E-state index in [9.17, 15) is 0 Å². The van der Waals surface area contributed by atoms with Gasteiger partial charge >= 0.3 is 0 Å². The Kier molecular flexibility index (Phi) is 4.42. The zero-order valence-electron chi connectivity index (χ0n) is 8.59. The smallest absolute Gasteiger partial charge is 0.124 e. The summed E-state index contributed by atoms with van der Waals surface area (Å²) in [5.41, 5.74) is 7.12. The summed E-state index contributed by atoms with van der Waals surface area (Å²) in [6.07, 6.45) is 2.07. The monoisotopic (exact) mass is 257 g/mol. The molecule has 0 aliphatic carbocycles. The van der Waals surface area contributed by atoms with Crippen molar-refractivity contribution in [3.63, 3.8) is 0 Å². The highest BCUT2D eigenvalue weighted by Gasteiger charge is 2.10. The first-order chi connectivity index (χ1) is 6.69. The van der Waals surface area contributed by atoms with E-state index in [1.807, 2.05) is 18.2 Å². The first-order valence-corrected chi connectivity index (χ1v) is 5.57. The number of hydrogen-bond acceptors (Lipinski definition) is 2. The maximum atomic E-state index is 6.04. The van der Waals surface area contributed by atoms with Gasteiger partial charge in [-0.2, -0.15) is 0 Å². The molecule has 3 heteroatoms. The van der Waals surface area contributed by atoms with Crippen molar-refractivity contribution >= 4 is 15.9 Å². The molecule has 1 aromatic carbocycles. The Morgan fingerprint density at radius 3 is 2.79 bits per heavy atom. The van der Waals surface area contributed by atoms with Gasteiger partial charge in [-0.05, 0) is 18.6 Å². The Morgan fingerprint density at radius 2 is 2.21 bits per heavy atom. The molecule has 2 nitrogen and oxygen atoms in total. The highest BCUT2D eigenvalue weighted by atomic mass is 79.9. The molecular weight excluding hydrogens is 242 g/mol. The molecule has 14 heavy (non-hydrogen) atoms. The highest BCUT2D eigenvalue weighted by Crippen LogP contribution is 2.29. The number of rotatable bonds is 4. The predicted molar refractivity (Wildman–Crippen MR) is 62.5 cm³/mol. The van der Waals surface area contributed by atoms with Crippen LogP contribution >= 0.6 is 15.9 Å². The van der Waals surface area contributed by atoms with Crippen LogP contribution in [0.15, 0.2) is 22.7 Å². The standard InChI is InChI=1S/C11H16BrNO/c1-3-4-10(13)9-6-5-8(12)7-11(9)14-2/h5-7,10H,3-4,13H2,1-2H3. The van der Waals surface area contributed by atoms with Gasteiger partial charge in [-0.15, -0.1) is 0 Å². The van der Waals surface area contributed by atoms with E-state index in [1.165, 1.54) is 0 Å². The van der Waals surface area contributed by atoms with Crippen molar-refractivity contribution in [3.05, 3.63) is 28.2 Å². The molecule has 78 valence electrons. The van der Waals surface area contributed by atoms with E-state index < -0.39 is 0 Å². The van der Waals surface area contributed by atoms with E-state index in [2.05, 4.69) is 22.9 Å². The lowest BCUT2D eigenvalue weighted by Gasteiger charge is -2.15. The maximum absolute atomic E-state index is 6.04. The van der Waals surface area contributed by atoms with E-state index in [0.717, 1.165) is 28.6 Å². The van der Waals surface area contributed by atoms with Crippen LogP contribution < -0.4 is 10.5 Å². The van der Waals surface area contributed by atoms with Gasteiger partial charge in [0, 0.05) is 16.1 Å². The molecule has 0 fully saturated rings. The first-order valence-electron chi connectivity index (χ1n) is 4.78. The second-order valence-corrected chi connectivity index (χ2v) is 4.20. The molecular formula is C11H16BrNO. The third-order valence-electron chi connectivity index (χ3n) is 2.19.